The largest absolute Gasteiger partial charge is 0.471 e. The van der Waals surface area contributed by atoms with E-state index >= 15 is 0 Å². The van der Waals surface area contributed by atoms with Gasteiger partial charge in [0.05, 0.1) is 6.10 Å². The number of carbonyl (C=O) groups is 1. The summed E-state index contributed by atoms with van der Waals surface area (Å²) < 4.78 is 42.9. The zero-order chi connectivity index (χ0) is 17.1. The average Bonchev–Trinajstić information content (AvgIpc) is 2.20. The van der Waals surface area contributed by atoms with Crippen LogP contribution in [0.1, 0.15) is 41.0 Å². The standard InChI is InChI=1S/C14H28F3NO2Si/c1-10(2)8-11(9-18-12(19)14(15,16)17)20-21(6,7)13(3,4)5/h10-11H,8-9H2,1-7H3,(H,18,19). The van der Waals surface area contributed by atoms with E-state index in [4.69, 9.17) is 4.43 Å². The van der Waals surface area contributed by atoms with Crippen LogP contribution in [0.25, 0.3) is 0 Å². The van der Waals surface area contributed by atoms with Crippen molar-refractivity contribution in [1.29, 1.82) is 0 Å². The topological polar surface area (TPSA) is 38.3 Å². The molecule has 0 spiro atoms. The first kappa shape index (κ1) is 20.4. The molecule has 0 heterocycles. The lowest BCUT2D eigenvalue weighted by Crippen LogP contribution is -2.48. The van der Waals surface area contributed by atoms with Crippen molar-refractivity contribution in [1.82, 2.24) is 5.32 Å². The lowest BCUT2D eigenvalue weighted by molar-refractivity contribution is -0.173. The van der Waals surface area contributed by atoms with Gasteiger partial charge in [-0.05, 0) is 30.5 Å². The number of halogens is 3. The third kappa shape index (κ3) is 7.31. The number of alkyl halides is 3. The molecule has 0 aliphatic rings. The quantitative estimate of drug-likeness (QED) is 0.746. The Kier molecular flexibility index (Phi) is 6.94. The van der Waals surface area contributed by atoms with Crippen LogP contribution in [0, 0.1) is 5.92 Å². The normalized spacial score (nSPS) is 15.2. The molecule has 21 heavy (non-hydrogen) atoms. The van der Waals surface area contributed by atoms with Crippen molar-refractivity contribution in [3.05, 3.63) is 0 Å². The Morgan fingerprint density at radius 3 is 2.00 bits per heavy atom. The van der Waals surface area contributed by atoms with E-state index in [-0.39, 0.29) is 17.5 Å². The van der Waals surface area contributed by atoms with Crippen molar-refractivity contribution < 1.29 is 22.4 Å². The molecule has 1 amide bonds. The van der Waals surface area contributed by atoms with Gasteiger partial charge in [-0.2, -0.15) is 13.2 Å². The highest BCUT2D eigenvalue weighted by Gasteiger charge is 2.41. The highest BCUT2D eigenvalue weighted by molar-refractivity contribution is 6.74. The van der Waals surface area contributed by atoms with Gasteiger partial charge in [0.15, 0.2) is 8.32 Å². The molecule has 0 aliphatic carbocycles. The molecule has 0 fully saturated rings. The van der Waals surface area contributed by atoms with Crippen LogP contribution in [0.15, 0.2) is 0 Å². The van der Waals surface area contributed by atoms with Crippen LogP contribution in [0.5, 0.6) is 0 Å². The molecule has 1 N–H and O–H groups in total. The molecule has 0 aliphatic heterocycles. The Hall–Kier alpha value is -0.563. The van der Waals surface area contributed by atoms with Gasteiger partial charge in [-0.25, -0.2) is 0 Å². The van der Waals surface area contributed by atoms with Crippen molar-refractivity contribution in [2.75, 3.05) is 6.54 Å². The van der Waals surface area contributed by atoms with Crippen molar-refractivity contribution >= 4 is 14.2 Å². The van der Waals surface area contributed by atoms with Crippen molar-refractivity contribution in [2.45, 2.75) is 71.5 Å². The highest BCUT2D eigenvalue weighted by atomic mass is 28.4. The van der Waals surface area contributed by atoms with Crippen LogP contribution in [-0.4, -0.2) is 33.0 Å². The second-order valence-corrected chi connectivity index (χ2v) is 12.1. The minimum Gasteiger partial charge on any atom is -0.412 e. The number of carbonyl (C=O) groups excluding carboxylic acids is 1. The fourth-order valence-corrected chi connectivity index (χ4v) is 2.97. The van der Waals surface area contributed by atoms with Gasteiger partial charge in [0, 0.05) is 6.54 Å². The summed E-state index contributed by atoms with van der Waals surface area (Å²) in [6.07, 6.45) is -4.62. The Morgan fingerprint density at radius 1 is 1.19 bits per heavy atom. The third-order valence-electron chi connectivity index (χ3n) is 3.75. The maximum atomic E-state index is 12.2. The zero-order valence-electron chi connectivity index (χ0n) is 14.0. The monoisotopic (exact) mass is 327 g/mol. The van der Waals surface area contributed by atoms with E-state index in [0.29, 0.717) is 6.42 Å². The fourth-order valence-electron chi connectivity index (χ4n) is 1.60. The molecule has 126 valence electrons. The smallest absolute Gasteiger partial charge is 0.412 e. The summed E-state index contributed by atoms with van der Waals surface area (Å²) in [5.74, 6) is -1.63. The maximum absolute atomic E-state index is 12.2. The summed E-state index contributed by atoms with van der Waals surface area (Å²) in [4.78, 5) is 10.9. The van der Waals surface area contributed by atoms with Gasteiger partial charge < -0.3 is 9.74 Å². The summed E-state index contributed by atoms with van der Waals surface area (Å²) in [6, 6.07) is 0. The van der Waals surface area contributed by atoms with E-state index in [2.05, 4.69) is 20.8 Å². The molecule has 1 atom stereocenters. The van der Waals surface area contributed by atoms with Crippen molar-refractivity contribution in [2.24, 2.45) is 5.92 Å². The average molecular weight is 327 g/mol. The van der Waals surface area contributed by atoms with Gasteiger partial charge in [-0.15, -0.1) is 0 Å². The summed E-state index contributed by atoms with van der Waals surface area (Å²) >= 11 is 0. The number of hydrogen-bond acceptors (Lipinski definition) is 2. The SMILES string of the molecule is CC(C)CC(CNC(=O)C(F)(F)F)O[Si](C)(C)C(C)(C)C. The predicted octanol–water partition coefficient (Wildman–Crippen LogP) is 4.10. The Balaban J connectivity index is 4.79. The first-order chi connectivity index (χ1) is 9.17. The first-order valence-electron chi connectivity index (χ1n) is 7.19. The number of rotatable bonds is 6. The van der Waals surface area contributed by atoms with Crippen LogP contribution < -0.4 is 5.32 Å². The maximum Gasteiger partial charge on any atom is 0.471 e. The highest BCUT2D eigenvalue weighted by Crippen LogP contribution is 2.37. The molecule has 0 saturated heterocycles. The van der Waals surface area contributed by atoms with Gasteiger partial charge >= 0.3 is 12.1 Å². The third-order valence-corrected chi connectivity index (χ3v) is 8.28. The summed E-state index contributed by atoms with van der Waals surface area (Å²) in [5.41, 5.74) is 0. The van der Waals surface area contributed by atoms with Crippen LogP contribution in [0.2, 0.25) is 18.1 Å². The number of hydrogen-bond donors (Lipinski definition) is 1. The Bertz CT molecular complexity index is 349. The van der Waals surface area contributed by atoms with E-state index in [1.165, 1.54) is 0 Å². The molecule has 0 radical (unpaired) electrons. The first-order valence-corrected chi connectivity index (χ1v) is 10.1. The van der Waals surface area contributed by atoms with E-state index < -0.39 is 26.5 Å². The fraction of sp³-hybridized carbons (Fsp3) is 0.929. The Labute approximate surface area is 126 Å². The molecular formula is C14H28F3NO2Si. The van der Waals surface area contributed by atoms with Gasteiger partial charge in [0.25, 0.3) is 0 Å². The molecule has 0 saturated carbocycles. The molecule has 0 rings (SSSR count). The van der Waals surface area contributed by atoms with Gasteiger partial charge in [-0.3, -0.25) is 4.79 Å². The van der Waals surface area contributed by atoms with Crippen molar-refractivity contribution in [3.63, 3.8) is 0 Å². The number of nitrogens with one attached hydrogen (secondary N) is 1. The predicted molar refractivity (Wildman–Crippen MR) is 80.6 cm³/mol. The zero-order valence-corrected chi connectivity index (χ0v) is 15.0. The summed E-state index contributed by atoms with van der Waals surface area (Å²) in [7, 11) is -2.09. The van der Waals surface area contributed by atoms with Gasteiger partial charge in [0.1, 0.15) is 0 Å². The second kappa shape index (κ2) is 7.13. The van der Waals surface area contributed by atoms with Crippen molar-refractivity contribution in [3.8, 4) is 0 Å². The molecule has 0 aromatic rings. The van der Waals surface area contributed by atoms with Crippen LogP contribution in [0.3, 0.4) is 0 Å². The summed E-state index contributed by atoms with van der Waals surface area (Å²) in [6.45, 7) is 14.2. The number of amides is 1. The van der Waals surface area contributed by atoms with Crippen LogP contribution >= 0.6 is 0 Å². The Morgan fingerprint density at radius 2 is 1.67 bits per heavy atom. The minimum atomic E-state index is -4.85. The van der Waals surface area contributed by atoms with E-state index in [1.54, 1.807) is 0 Å². The van der Waals surface area contributed by atoms with Crippen LogP contribution in [-0.2, 0) is 9.22 Å². The molecular weight excluding hydrogens is 299 g/mol. The van der Waals surface area contributed by atoms with E-state index in [0.717, 1.165) is 0 Å². The molecule has 1 unspecified atom stereocenters. The molecule has 7 heteroatoms. The van der Waals surface area contributed by atoms with Gasteiger partial charge in [-0.1, -0.05) is 34.6 Å². The molecule has 0 aromatic carbocycles. The van der Waals surface area contributed by atoms with E-state index in [1.807, 2.05) is 32.3 Å². The lowest BCUT2D eigenvalue weighted by atomic mass is 10.1. The minimum absolute atomic E-state index is 0.0315. The van der Waals surface area contributed by atoms with Crippen LogP contribution in [0.4, 0.5) is 13.2 Å². The molecule has 0 bridgehead atoms. The van der Waals surface area contributed by atoms with E-state index in [9.17, 15) is 18.0 Å². The van der Waals surface area contributed by atoms with Gasteiger partial charge in [0.2, 0.25) is 0 Å². The summed E-state index contributed by atoms with van der Waals surface area (Å²) in [5, 5.41) is 1.90. The molecule has 3 nitrogen and oxygen atoms in total. The second-order valence-electron chi connectivity index (χ2n) is 7.34. The molecule has 0 aromatic heterocycles. The lowest BCUT2D eigenvalue weighted by Gasteiger charge is -2.39.